The number of pyridine rings is 1. The first-order chi connectivity index (χ1) is 15.2. The van der Waals surface area contributed by atoms with Gasteiger partial charge in [-0.05, 0) is 42.7 Å². The molecule has 31 heavy (non-hydrogen) atoms. The van der Waals surface area contributed by atoms with Crippen molar-refractivity contribution in [2.24, 2.45) is 0 Å². The van der Waals surface area contributed by atoms with Crippen LogP contribution in [0.1, 0.15) is 17.8 Å². The highest BCUT2D eigenvalue weighted by atomic mass is 19.1. The van der Waals surface area contributed by atoms with Gasteiger partial charge in [0, 0.05) is 38.5 Å². The molecule has 0 radical (unpaired) electrons. The molecule has 0 aliphatic carbocycles. The van der Waals surface area contributed by atoms with Crippen LogP contribution in [0.25, 0.3) is 5.69 Å². The van der Waals surface area contributed by atoms with Crippen LogP contribution in [0.4, 0.5) is 16.0 Å². The number of rotatable bonds is 6. The molecular formula is C22H25FN6O2. The number of nitrogens with zero attached hydrogens (tertiary/aromatic N) is 6. The van der Waals surface area contributed by atoms with Gasteiger partial charge >= 0.3 is 0 Å². The summed E-state index contributed by atoms with van der Waals surface area (Å²) in [6.45, 7) is 2.99. The van der Waals surface area contributed by atoms with E-state index < -0.39 is 0 Å². The summed E-state index contributed by atoms with van der Waals surface area (Å²) in [5, 5.41) is 8.79. The van der Waals surface area contributed by atoms with Crippen LogP contribution < -0.4 is 14.5 Å². The lowest BCUT2D eigenvalue weighted by Gasteiger charge is -2.48. The zero-order valence-corrected chi connectivity index (χ0v) is 17.7. The van der Waals surface area contributed by atoms with E-state index in [9.17, 15) is 4.39 Å². The molecule has 1 fully saturated rings. The van der Waals surface area contributed by atoms with Crippen LogP contribution >= 0.6 is 0 Å². The van der Waals surface area contributed by atoms with Gasteiger partial charge in [-0.2, -0.15) is 0 Å². The van der Waals surface area contributed by atoms with Crippen LogP contribution in [-0.4, -0.2) is 59.6 Å². The Morgan fingerprint density at radius 2 is 2.00 bits per heavy atom. The molecule has 0 bridgehead atoms. The Morgan fingerprint density at radius 3 is 2.74 bits per heavy atom. The molecule has 0 saturated carbocycles. The zero-order valence-electron chi connectivity index (χ0n) is 17.7. The maximum atomic E-state index is 13.7. The van der Waals surface area contributed by atoms with Gasteiger partial charge in [-0.1, -0.05) is 0 Å². The molecule has 1 aromatic carbocycles. The molecule has 3 aromatic rings. The van der Waals surface area contributed by atoms with Gasteiger partial charge in [0.2, 0.25) is 11.8 Å². The standard InChI is InChI=1S/C22H25FN6O2/c1-30-14-20-25-26-22(29(20)17-6-8-21(31-2)24-11-17)27-12-18(13-27)28-9-3-4-15-10-16(23)5-7-19(15)28/h5-8,10-11,18H,3-4,9,12-14H2,1-2H3. The summed E-state index contributed by atoms with van der Waals surface area (Å²) < 4.78 is 26.1. The van der Waals surface area contributed by atoms with Crippen LogP contribution in [-0.2, 0) is 17.8 Å². The quantitative estimate of drug-likeness (QED) is 0.603. The van der Waals surface area contributed by atoms with Crippen LogP contribution in [0.3, 0.4) is 0 Å². The molecule has 0 atom stereocenters. The highest BCUT2D eigenvalue weighted by Crippen LogP contribution is 2.34. The average molecular weight is 424 g/mol. The van der Waals surface area contributed by atoms with Crippen molar-refractivity contribution in [2.45, 2.75) is 25.5 Å². The Labute approximate surface area is 180 Å². The fraction of sp³-hybridized carbons (Fsp3) is 0.409. The molecule has 0 N–H and O–H groups in total. The van der Waals surface area contributed by atoms with Crippen molar-refractivity contribution in [2.75, 3.05) is 43.7 Å². The van der Waals surface area contributed by atoms with E-state index in [0.717, 1.165) is 55.4 Å². The van der Waals surface area contributed by atoms with Gasteiger partial charge in [-0.3, -0.25) is 4.57 Å². The minimum Gasteiger partial charge on any atom is -0.481 e. The molecule has 5 rings (SSSR count). The number of benzene rings is 1. The number of aryl methyl sites for hydroxylation is 1. The van der Waals surface area contributed by atoms with E-state index in [1.54, 1.807) is 32.5 Å². The molecule has 2 aromatic heterocycles. The first-order valence-corrected chi connectivity index (χ1v) is 10.4. The average Bonchev–Trinajstić information content (AvgIpc) is 3.16. The smallest absolute Gasteiger partial charge is 0.232 e. The van der Waals surface area contributed by atoms with Gasteiger partial charge in [0.1, 0.15) is 12.4 Å². The number of anilines is 2. The molecule has 2 aliphatic heterocycles. The minimum atomic E-state index is -0.164. The summed E-state index contributed by atoms with van der Waals surface area (Å²) in [4.78, 5) is 8.93. The van der Waals surface area contributed by atoms with Crippen LogP contribution in [0.15, 0.2) is 36.5 Å². The summed E-state index contributed by atoms with van der Waals surface area (Å²) in [6, 6.07) is 9.24. The Morgan fingerprint density at radius 1 is 1.13 bits per heavy atom. The van der Waals surface area contributed by atoms with Crippen molar-refractivity contribution in [1.82, 2.24) is 19.7 Å². The van der Waals surface area contributed by atoms with Crippen molar-refractivity contribution in [3.05, 3.63) is 53.7 Å². The molecule has 4 heterocycles. The predicted molar refractivity (Wildman–Crippen MR) is 114 cm³/mol. The Bertz CT molecular complexity index is 1060. The Balaban J connectivity index is 1.38. The van der Waals surface area contributed by atoms with Crippen molar-refractivity contribution in [3.8, 4) is 11.6 Å². The minimum absolute atomic E-state index is 0.164. The number of halogens is 1. The van der Waals surface area contributed by atoms with E-state index >= 15 is 0 Å². The molecule has 2 aliphatic rings. The van der Waals surface area contributed by atoms with E-state index in [4.69, 9.17) is 9.47 Å². The molecule has 0 amide bonds. The lowest BCUT2D eigenvalue weighted by atomic mass is 9.97. The number of fused-ring (bicyclic) bond motifs is 1. The zero-order chi connectivity index (χ0) is 21.4. The summed E-state index contributed by atoms with van der Waals surface area (Å²) >= 11 is 0. The van der Waals surface area contributed by atoms with E-state index in [2.05, 4.69) is 25.0 Å². The van der Waals surface area contributed by atoms with Crippen molar-refractivity contribution in [1.29, 1.82) is 0 Å². The maximum Gasteiger partial charge on any atom is 0.232 e. The van der Waals surface area contributed by atoms with Crippen molar-refractivity contribution in [3.63, 3.8) is 0 Å². The molecule has 8 nitrogen and oxygen atoms in total. The molecular weight excluding hydrogens is 399 g/mol. The van der Waals surface area contributed by atoms with Crippen LogP contribution in [0.5, 0.6) is 5.88 Å². The maximum absolute atomic E-state index is 13.7. The fourth-order valence-corrected chi connectivity index (χ4v) is 4.41. The second kappa shape index (κ2) is 8.14. The summed E-state index contributed by atoms with van der Waals surface area (Å²) in [5.41, 5.74) is 3.10. The molecule has 162 valence electrons. The molecule has 1 saturated heterocycles. The summed E-state index contributed by atoms with van der Waals surface area (Å²) in [7, 11) is 3.23. The third kappa shape index (κ3) is 3.59. The van der Waals surface area contributed by atoms with Crippen LogP contribution in [0.2, 0.25) is 0 Å². The fourth-order valence-electron chi connectivity index (χ4n) is 4.41. The largest absolute Gasteiger partial charge is 0.481 e. The van der Waals surface area contributed by atoms with Gasteiger partial charge < -0.3 is 19.3 Å². The topological polar surface area (TPSA) is 68.5 Å². The SMILES string of the molecule is COCc1nnc(N2CC(N3CCCc4cc(F)ccc43)C2)n1-c1ccc(OC)nc1. The second-order valence-corrected chi connectivity index (χ2v) is 7.87. The first-order valence-electron chi connectivity index (χ1n) is 10.4. The number of ether oxygens (including phenoxy) is 2. The lowest BCUT2D eigenvalue weighted by Crippen LogP contribution is -2.61. The second-order valence-electron chi connectivity index (χ2n) is 7.87. The number of hydrogen-bond donors (Lipinski definition) is 0. The van der Waals surface area contributed by atoms with Gasteiger partial charge in [0.05, 0.1) is 25.0 Å². The van der Waals surface area contributed by atoms with Gasteiger partial charge in [0.15, 0.2) is 5.82 Å². The van der Waals surface area contributed by atoms with Crippen molar-refractivity contribution >= 4 is 11.6 Å². The highest BCUT2D eigenvalue weighted by molar-refractivity contribution is 5.59. The lowest BCUT2D eigenvalue weighted by molar-refractivity contribution is 0.176. The monoisotopic (exact) mass is 424 g/mol. The van der Waals surface area contributed by atoms with E-state index in [1.165, 1.54) is 0 Å². The van der Waals surface area contributed by atoms with Gasteiger partial charge in [-0.15, -0.1) is 10.2 Å². The third-order valence-electron chi connectivity index (χ3n) is 5.96. The summed E-state index contributed by atoms with van der Waals surface area (Å²) in [6.07, 6.45) is 3.72. The van der Waals surface area contributed by atoms with E-state index in [1.807, 2.05) is 22.8 Å². The normalized spacial score (nSPS) is 16.2. The first kappa shape index (κ1) is 19.7. The summed E-state index contributed by atoms with van der Waals surface area (Å²) in [5.74, 6) is 1.87. The Kier molecular flexibility index (Phi) is 5.19. The van der Waals surface area contributed by atoms with Gasteiger partial charge in [-0.25, -0.2) is 9.37 Å². The van der Waals surface area contributed by atoms with Crippen LogP contribution in [0, 0.1) is 5.82 Å². The van der Waals surface area contributed by atoms with Crippen molar-refractivity contribution < 1.29 is 13.9 Å². The number of hydrogen-bond acceptors (Lipinski definition) is 7. The molecule has 9 heteroatoms. The van der Waals surface area contributed by atoms with Gasteiger partial charge in [0.25, 0.3) is 0 Å². The van der Waals surface area contributed by atoms with E-state index in [0.29, 0.717) is 24.4 Å². The third-order valence-corrected chi connectivity index (χ3v) is 5.96. The molecule has 0 spiro atoms. The predicted octanol–water partition coefficient (Wildman–Crippen LogP) is 2.60. The number of aromatic nitrogens is 4. The highest BCUT2D eigenvalue weighted by Gasteiger charge is 2.37. The number of methoxy groups -OCH3 is 2. The molecule has 0 unspecified atom stereocenters. The Hall–Kier alpha value is -3.20. The van der Waals surface area contributed by atoms with E-state index in [-0.39, 0.29) is 5.82 Å².